The van der Waals surface area contributed by atoms with Crippen molar-refractivity contribution in [2.75, 3.05) is 6.61 Å². The first-order valence-corrected chi connectivity index (χ1v) is 3.56. The van der Waals surface area contributed by atoms with E-state index in [0.717, 1.165) is 19.3 Å². The van der Waals surface area contributed by atoms with Crippen LogP contribution in [0.5, 0.6) is 0 Å². The van der Waals surface area contributed by atoms with E-state index in [-0.39, 0.29) is 12.5 Å². The Hall–Kier alpha value is -0.970. The van der Waals surface area contributed by atoms with E-state index in [2.05, 4.69) is 16.2 Å². The quantitative estimate of drug-likeness (QED) is 0.263. The predicted octanol–water partition coefficient (Wildman–Crippen LogP) is 0.392. The number of carbonyl (C=O) groups excluding carboxylic acids is 1. The van der Waals surface area contributed by atoms with Gasteiger partial charge < -0.3 is 10.9 Å². The topological polar surface area (TPSA) is 88.0 Å². The van der Waals surface area contributed by atoms with Crippen LogP contribution in [0.15, 0.2) is 10.3 Å². The number of hydrogen-bond donors (Lipinski definition) is 2. The molecule has 5 nitrogen and oxygen atoms in total. The predicted molar refractivity (Wildman–Crippen MR) is 39.6 cm³/mol. The van der Waals surface area contributed by atoms with Gasteiger partial charge in [0.15, 0.2) is 0 Å². The fraction of sp³-hybridized carbons (Fsp3) is 0.833. The molecule has 64 valence electrons. The zero-order chi connectivity index (χ0) is 8.53. The van der Waals surface area contributed by atoms with E-state index in [9.17, 15) is 4.79 Å². The highest BCUT2D eigenvalue weighted by atomic mass is 16.2. The van der Waals surface area contributed by atoms with Crippen LogP contribution in [0, 0.1) is 0 Å². The first-order chi connectivity index (χ1) is 5.31. The molecule has 0 spiro atoms. The third-order valence-corrected chi connectivity index (χ3v) is 1.22. The Kier molecular flexibility index (Phi) is 6.51. The van der Waals surface area contributed by atoms with Gasteiger partial charge in [0.1, 0.15) is 0 Å². The molecule has 0 aromatic carbocycles. The standard InChI is InChI=1S/C6H13N3O2/c7-9-8-6(11)4-2-1-3-5-10/h10H,1-5H2,(H2,7,8,11). The van der Waals surface area contributed by atoms with Gasteiger partial charge in [-0.2, -0.15) is 0 Å². The number of carbonyl (C=O) groups is 1. The molecular weight excluding hydrogens is 146 g/mol. The Bertz CT molecular complexity index is 136. The van der Waals surface area contributed by atoms with Gasteiger partial charge in [-0.1, -0.05) is 16.8 Å². The smallest absolute Gasteiger partial charge is 0.266 e. The Morgan fingerprint density at radius 3 is 2.64 bits per heavy atom. The second-order valence-corrected chi connectivity index (χ2v) is 2.14. The van der Waals surface area contributed by atoms with Crippen molar-refractivity contribution < 1.29 is 9.90 Å². The highest BCUT2D eigenvalue weighted by Gasteiger charge is 1.97. The van der Waals surface area contributed by atoms with Crippen LogP contribution < -0.4 is 5.84 Å². The van der Waals surface area contributed by atoms with E-state index >= 15 is 0 Å². The number of amides is 1. The molecular formula is C6H13N3O2. The summed E-state index contributed by atoms with van der Waals surface area (Å²) in [6.45, 7) is 0.173. The maximum absolute atomic E-state index is 10.6. The molecule has 0 saturated heterocycles. The van der Waals surface area contributed by atoms with Crippen molar-refractivity contribution in [1.29, 1.82) is 0 Å². The lowest BCUT2D eigenvalue weighted by atomic mass is 10.2. The number of unbranched alkanes of at least 4 members (excludes halogenated alkanes) is 2. The molecule has 0 aliphatic carbocycles. The van der Waals surface area contributed by atoms with Crippen molar-refractivity contribution in [2.45, 2.75) is 25.7 Å². The van der Waals surface area contributed by atoms with Gasteiger partial charge in [0, 0.05) is 13.0 Å². The van der Waals surface area contributed by atoms with Crippen LogP contribution in [0.4, 0.5) is 0 Å². The number of aliphatic hydroxyl groups is 1. The summed E-state index contributed by atoms with van der Waals surface area (Å²) in [4.78, 5) is 10.6. The van der Waals surface area contributed by atoms with Gasteiger partial charge in [0.05, 0.1) is 0 Å². The van der Waals surface area contributed by atoms with E-state index in [1.165, 1.54) is 0 Å². The molecule has 0 unspecified atom stereocenters. The largest absolute Gasteiger partial charge is 0.396 e. The van der Waals surface area contributed by atoms with Crippen LogP contribution in [0.2, 0.25) is 0 Å². The van der Waals surface area contributed by atoms with Crippen LogP contribution in [0.25, 0.3) is 0 Å². The summed E-state index contributed by atoms with van der Waals surface area (Å²) in [6, 6.07) is 0. The molecule has 0 aromatic rings. The third-order valence-electron chi connectivity index (χ3n) is 1.22. The lowest BCUT2D eigenvalue weighted by Gasteiger charge is -1.93. The molecule has 0 radical (unpaired) electrons. The minimum absolute atomic E-state index is 0.173. The zero-order valence-corrected chi connectivity index (χ0v) is 6.36. The van der Waals surface area contributed by atoms with Crippen LogP contribution >= 0.6 is 0 Å². The van der Waals surface area contributed by atoms with Gasteiger partial charge in [-0.3, -0.25) is 4.79 Å². The van der Waals surface area contributed by atoms with E-state index in [1.807, 2.05) is 0 Å². The van der Waals surface area contributed by atoms with E-state index < -0.39 is 0 Å². The maximum Gasteiger partial charge on any atom is 0.266 e. The van der Waals surface area contributed by atoms with Crippen molar-refractivity contribution in [3.63, 3.8) is 0 Å². The Balaban J connectivity index is 3.17. The number of nitrogens with zero attached hydrogens (tertiary/aromatic N) is 2. The van der Waals surface area contributed by atoms with Gasteiger partial charge in [-0.25, -0.2) is 0 Å². The number of rotatable bonds is 5. The Labute approximate surface area is 65.3 Å². The first-order valence-electron chi connectivity index (χ1n) is 3.56. The van der Waals surface area contributed by atoms with Gasteiger partial charge in [0.2, 0.25) is 0 Å². The summed E-state index contributed by atoms with van der Waals surface area (Å²) in [5.74, 6) is 4.36. The lowest BCUT2D eigenvalue weighted by Crippen LogP contribution is -1.94. The fourth-order valence-electron chi connectivity index (χ4n) is 0.679. The molecule has 0 bridgehead atoms. The first kappa shape index (κ1) is 10.0. The van der Waals surface area contributed by atoms with E-state index in [0.29, 0.717) is 6.42 Å². The van der Waals surface area contributed by atoms with Crippen LogP contribution in [-0.2, 0) is 4.79 Å². The highest BCUT2D eigenvalue weighted by molar-refractivity contribution is 5.76. The summed E-state index contributed by atoms with van der Waals surface area (Å²) in [5.41, 5.74) is 0. The lowest BCUT2D eigenvalue weighted by molar-refractivity contribution is -0.118. The van der Waals surface area contributed by atoms with Gasteiger partial charge in [-0.15, -0.1) is 0 Å². The molecule has 0 aliphatic rings. The second kappa shape index (κ2) is 7.14. The van der Waals surface area contributed by atoms with Crippen molar-refractivity contribution in [3.8, 4) is 0 Å². The number of hydrogen-bond acceptors (Lipinski definition) is 3. The molecule has 0 atom stereocenters. The van der Waals surface area contributed by atoms with Crippen LogP contribution in [0.3, 0.4) is 0 Å². The van der Waals surface area contributed by atoms with E-state index in [4.69, 9.17) is 5.11 Å². The molecule has 0 saturated carbocycles. The van der Waals surface area contributed by atoms with Crippen molar-refractivity contribution in [2.24, 2.45) is 16.2 Å². The summed E-state index contributed by atoms with van der Waals surface area (Å²) >= 11 is 0. The minimum atomic E-state index is -0.301. The highest BCUT2D eigenvalue weighted by Crippen LogP contribution is 1.99. The normalized spacial score (nSPS) is 10.6. The summed E-state index contributed by atoms with van der Waals surface area (Å²) in [6.07, 6.45) is 2.66. The molecule has 5 heteroatoms. The SMILES string of the molecule is NN=NC(=O)CCCCCO. The molecule has 3 N–H and O–H groups in total. The van der Waals surface area contributed by atoms with Crippen LogP contribution in [0.1, 0.15) is 25.7 Å². The molecule has 0 aromatic heterocycles. The van der Waals surface area contributed by atoms with Crippen LogP contribution in [-0.4, -0.2) is 17.6 Å². The Morgan fingerprint density at radius 1 is 1.36 bits per heavy atom. The molecule has 0 rings (SSSR count). The number of nitrogens with two attached hydrogens (primary N) is 1. The minimum Gasteiger partial charge on any atom is -0.396 e. The second-order valence-electron chi connectivity index (χ2n) is 2.14. The van der Waals surface area contributed by atoms with Gasteiger partial charge in [-0.05, 0) is 12.8 Å². The monoisotopic (exact) mass is 159 g/mol. The zero-order valence-electron chi connectivity index (χ0n) is 6.36. The fourth-order valence-corrected chi connectivity index (χ4v) is 0.679. The average Bonchev–Trinajstić information content (AvgIpc) is 1.99. The molecule has 0 aliphatic heterocycles. The molecule has 0 fully saturated rings. The summed E-state index contributed by atoms with van der Waals surface area (Å²) < 4.78 is 0. The third kappa shape index (κ3) is 6.92. The summed E-state index contributed by atoms with van der Waals surface area (Å²) in [7, 11) is 0. The average molecular weight is 159 g/mol. The van der Waals surface area contributed by atoms with E-state index in [1.54, 1.807) is 0 Å². The number of aliphatic hydroxyl groups excluding tert-OH is 1. The van der Waals surface area contributed by atoms with Crippen molar-refractivity contribution in [3.05, 3.63) is 0 Å². The van der Waals surface area contributed by atoms with Gasteiger partial charge >= 0.3 is 0 Å². The van der Waals surface area contributed by atoms with Crippen molar-refractivity contribution in [1.82, 2.24) is 0 Å². The molecule has 11 heavy (non-hydrogen) atoms. The Morgan fingerprint density at radius 2 is 2.09 bits per heavy atom. The molecule has 0 heterocycles. The molecule has 1 amide bonds. The van der Waals surface area contributed by atoms with Crippen molar-refractivity contribution >= 4 is 5.91 Å². The van der Waals surface area contributed by atoms with Gasteiger partial charge in [0.25, 0.3) is 5.91 Å². The maximum atomic E-state index is 10.6. The summed E-state index contributed by atoms with van der Waals surface area (Å²) in [5, 5.41) is 14.4.